The number of hydrogen-bond donors (Lipinski definition) is 2. The van der Waals surface area contributed by atoms with E-state index in [1.807, 2.05) is 6.07 Å². The molecule has 15 heavy (non-hydrogen) atoms. The summed E-state index contributed by atoms with van der Waals surface area (Å²) >= 11 is 4.12. The zero-order valence-electron chi connectivity index (χ0n) is 9.28. The van der Waals surface area contributed by atoms with E-state index >= 15 is 0 Å². The summed E-state index contributed by atoms with van der Waals surface area (Å²) < 4.78 is 0.194. The summed E-state index contributed by atoms with van der Waals surface area (Å²) in [6, 6.07) is 8.94. The number of nitrogens with one attached hydrogen (secondary N) is 1. The third-order valence-electron chi connectivity index (χ3n) is 1.18. The third kappa shape index (κ3) is 9.04. The van der Waals surface area contributed by atoms with E-state index in [0.29, 0.717) is 5.56 Å². The van der Waals surface area contributed by atoms with E-state index in [9.17, 15) is 0 Å². The average molecular weight is 220 g/mol. The van der Waals surface area contributed by atoms with E-state index in [2.05, 4.69) is 33.4 Å². The number of thiol groups is 1. The Morgan fingerprint density at radius 2 is 1.93 bits per heavy atom. The predicted octanol–water partition coefficient (Wildman–Crippen LogP) is 3.27. The van der Waals surface area contributed by atoms with Gasteiger partial charge in [-0.1, -0.05) is 32.9 Å². The molecule has 0 saturated carbocycles. The van der Waals surface area contributed by atoms with Crippen LogP contribution >= 0.6 is 12.6 Å². The smallest absolute Gasteiger partial charge is 0.0991 e. The highest BCUT2D eigenvalue weighted by atomic mass is 32.1. The molecule has 0 radical (unpaired) electrons. The highest BCUT2D eigenvalue weighted by Crippen LogP contribution is 2.07. The van der Waals surface area contributed by atoms with Crippen molar-refractivity contribution >= 4 is 18.8 Å². The fraction of sp³-hybridized carbons (Fsp3) is 0.333. The minimum absolute atomic E-state index is 0.194. The molecule has 0 unspecified atom stereocenters. The van der Waals surface area contributed by atoms with Crippen molar-refractivity contribution in [2.75, 3.05) is 0 Å². The molecule has 0 fully saturated rings. The average Bonchev–Trinajstić information content (AvgIpc) is 2.15. The second kappa shape index (κ2) is 6.26. The molecule has 3 heteroatoms. The van der Waals surface area contributed by atoms with Crippen LogP contribution in [-0.2, 0) is 0 Å². The Balaban J connectivity index is 0.000000336. The standard InChI is InChI=1S/C8H6N2.C4H10S/c9-5-7-2-1-3-8(4-7)6-10;1-4(2,3)5/h1-5,9H;5H,1-3H3. The largest absolute Gasteiger partial charge is 0.308 e. The molecule has 0 amide bonds. The maximum atomic E-state index is 8.43. The molecule has 80 valence electrons. The Labute approximate surface area is 96.9 Å². The summed E-state index contributed by atoms with van der Waals surface area (Å²) in [4.78, 5) is 0. The van der Waals surface area contributed by atoms with Gasteiger partial charge >= 0.3 is 0 Å². The molecule has 1 rings (SSSR count). The Morgan fingerprint density at radius 3 is 2.33 bits per heavy atom. The summed E-state index contributed by atoms with van der Waals surface area (Å²) in [5.74, 6) is 0. The van der Waals surface area contributed by atoms with E-state index in [1.165, 1.54) is 6.21 Å². The van der Waals surface area contributed by atoms with Crippen LogP contribution in [0.15, 0.2) is 24.3 Å². The molecule has 2 nitrogen and oxygen atoms in total. The van der Waals surface area contributed by atoms with Gasteiger partial charge in [-0.15, -0.1) is 0 Å². The first-order valence-electron chi connectivity index (χ1n) is 4.60. The van der Waals surface area contributed by atoms with Crippen molar-refractivity contribution in [1.82, 2.24) is 0 Å². The van der Waals surface area contributed by atoms with Gasteiger partial charge in [-0.05, 0) is 17.7 Å². The molecule has 0 atom stereocenters. The Kier molecular flexibility index (Phi) is 5.73. The van der Waals surface area contributed by atoms with Crippen molar-refractivity contribution in [3.8, 4) is 6.07 Å². The van der Waals surface area contributed by atoms with Gasteiger partial charge in [0.05, 0.1) is 11.6 Å². The van der Waals surface area contributed by atoms with Gasteiger partial charge in [0.2, 0.25) is 0 Å². The van der Waals surface area contributed by atoms with Crippen LogP contribution < -0.4 is 0 Å². The van der Waals surface area contributed by atoms with E-state index in [4.69, 9.17) is 10.7 Å². The van der Waals surface area contributed by atoms with E-state index in [0.717, 1.165) is 5.56 Å². The molecule has 0 bridgehead atoms. The second-order valence-corrected chi connectivity index (χ2v) is 5.39. The molecule has 1 aromatic rings. The summed E-state index contributed by atoms with van der Waals surface area (Å²) in [6.45, 7) is 6.16. The fourth-order valence-electron chi connectivity index (χ4n) is 0.698. The van der Waals surface area contributed by atoms with Crippen LogP contribution in [0, 0.1) is 16.7 Å². The van der Waals surface area contributed by atoms with Gasteiger partial charge < -0.3 is 5.41 Å². The quantitative estimate of drug-likeness (QED) is 0.554. The van der Waals surface area contributed by atoms with E-state index in [1.54, 1.807) is 24.3 Å². The molecule has 0 heterocycles. The predicted molar refractivity (Wildman–Crippen MR) is 67.8 cm³/mol. The molecule has 0 aromatic heterocycles. The number of hydrogen-bond acceptors (Lipinski definition) is 3. The van der Waals surface area contributed by atoms with Gasteiger partial charge in [0, 0.05) is 11.0 Å². The zero-order chi connectivity index (χ0) is 11.9. The maximum absolute atomic E-state index is 8.43. The van der Waals surface area contributed by atoms with Gasteiger partial charge in [0.1, 0.15) is 0 Å². The minimum atomic E-state index is 0.194. The zero-order valence-corrected chi connectivity index (χ0v) is 10.2. The van der Waals surface area contributed by atoms with Crippen molar-refractivity contribution in [3.63, 3.8) is 0 Å². The van der Waals surface area contributed by atoms with Gasteiger partial charge in [-0.3, -0.25) is 0 Å². The third-order valence-corrected chi connectivity index (χ3v) is 1.18. The normalized spacial score (nSPS) is 9.53. The van der Waals surface area contributed by atoms with E-state index < -0.39 is 0 Å². The SMILES string of the molecule is CC(C)(C)S.N#Cc1cccc(C=N)c1. The van der Waals surface area contributed by atoms with Crippen molar-refractivity contribution in [2.45, 2.75) is 25.5 Å². The Bertz CT molecular complexity index is 353. The van der Waals surface area contributed by atoms with Crippen LogP contribution in [0.25, 0.3) is 0 Å². The number of nitriles is 1. The molecule has 0 aliphatic carbocycles. The van der Waals surface area contributed by atoms with Crippen LogP contribution in [-0.4, -0.2) is 11.0 Å². The van der Waals surface area contributed by atoms with Gasteiger partial charge in [0.15, 0.2) is 0 Å². The molecule has 0 aliphatic rings. The van der Waals surface area contributed by atoms with Crippen molar-refractivity contribution in [1.29, 1.82) is 10.7 Å². The monoisotopic (exact) mass is 220 g/mol. The first-order valence-corrected chi connectivity index (χ1v) is 5.04. The minimum Gasteiger partial charge on any atom is -0.308 e. The van der Waals surface area contributed by atoms with Crippen LogP contribution in [0.2, 0.25) is 0 Å². The van der Waals surface area contributed by atoms with Crippen LogP contribution in [0.4, 0.5) is 0 Å². The van der Waals surface area contributed by atoms with Crippen molar-refractivity contribution < 1.29 is 0 Å². The topological polar surface area (TPSA) is 47.6 Å². The Hall–Kier alpha value is -1.27. The fourth-order valence-corrected chi connectivity index (χ4v) is 0.698. The van der Waals surface area contributed by atoms with E-state index in [-0.39, 0.29) is 4.75 Å². The molecule has 1 aromatic carbocycles. The second-order valence-electron chi connectivity index (χ2n) is 4.05. The van der Waals surface area contributed by atoms with Gasteiger partial charge in [-0.2, -0.15) is 17.9 Å². The molecule has 0 spiro atoms. The number of benzene rings is 1. The Morgan fingerprint density at radius 1 is 1.40 bits per heavy atom. The summed E-state index contributed by atoms with van der Waals surface area (Å²) in [5, 5.41) is 15.3. The molecule has 0 aliphatic heterocycles. The molecular weight excluding hydrogens is 204 g/mol. The molecule has 0 saturated heterocycles. The van der Waals surface area contributed by atoms with Crippen molar-refractivity contribution in [3.05, 3.63) is 35.4 Å². The summed E-state index contributed by atoms with van der Waals surface area (Å²) in [5.41, 5.74) is 1.36. The highest BCUT2D eigenvalue weighted by molar-refractivity contribution is 7.81. The molecule has 1 N–H and O–H groups in total. The molecular formula is C12H16N2S. The summed E-state index contributed by atoms with van der Waals surface area (Å²) in [6.07, 6.45) is 1.22. The lowest BCUT2D eigenvalue weighted by Crippen LogP contribution is -1.99. The number of nitrogens with zero attached hydrogens (tertiary/aromatic N) is 1. The first kappa shape index (κ1) is 13.7. The van der Waals surface area contributed by atoms with Gasteiger partial charge in [0.25, 0.3) is 0 Å². The lowest BCUT2D eigenvalue weighted by molar-refractivity contribution is 0.812. The van der Waals surface area contributed by atoms with Crippen molar-refractivity contribution in [2.24, 2.45) is 0 Å². The first-order chi connectivity index (χ1) is 6.86. The van der Waals surface area contributed by atoms with Crippen LogP contribution in [0.5, 0.6) is 0 Å². The van der Waals surface area contributed by atoms with Gasteiger partial charge in [-0.25, -0.2) is 0 Å². The lowest BCUT2D eigenvalue weighted by Gasteiger charge is -2.04. The summed E-state index contributed by atoms with van der Waals surface area (Å²) in [7, 11) is 0. The van der Waals surface area contributed by atoms with Crippen LogP contribution in [0.3, 0.4) is 0 Å². The lowest BCUT2D eigenvalue weighted by atomic mass is 10.1. The van der Waals surface area contributed by atoms with Crippen LogP contribution in [0.1, 0.15) is 31.9 Å². The number of rotatable bonds is 1. The maximum Gasteiger partial charge on any atom is 0.0991 e. The highest BCUT2D eigenvalue weighted by Gasteiger charge is 1.96.